The van der Waals surface area contributed by atoms with E-state index in [1.54, 1.807) is 7.11 Å². The molecule has 0 saturated heterocycles. The van der Waals surface area contributed by atoms with E-state index in [2.05, 4.69) is 5.32 Å². The highest BCUT2D eigenvalue weighted by Crippen LogP contribution is 2.18. The van der Waals surface area contributed by atoms with Crippen LogP contribution in [0.1, 0.15) is 26.7 Å². The zero-order valence-corrected chi connectivity index (χ0v) is 11.5. The van der Waals surface area contributed by atoms with E-state index < -0.39 is 12.7 Å². The van der Waals surface area contributed by atoms with Crippen molar-refractivity contribution in [3.8, 4) is 0 Å². The predicted molar refractivity (Wildman–Crippen MR) is 66.7 cm³/mol. The lowest BCUT2D eigenvalue weighted by atomic mass is 10.2. The van der Waals surface area contributed by atoms with Crippen molar-refractivity contribution in [1.29, 1.82) is 0 Å². The Hall–Kier alpha value is -0.330. The predicted octanol–water partition coefficient (Wildman–Crippen LogP) is 2.28. The maximum atomic E-state index is 12.4. The molecule has 0 bridgehead atoms. The number of nitrogens with one attached hydrogen (secondary N) is 1. The molecule has 0 fully saturated rings. The number of hydrogen-bond acceptors (Lipinski definition) is 3. The number of nitrogens with zero attached hydrogens (tertiary/aromatic N) is 1. The molecular formula is C12H25F3N2O. The maximum Gasteiger partial charge on any atom is 0.401 e. The Morgan fingerprint density at radius 1 is 1.33 bits per heavy atom. The zero-order valence-electron chi connectivity index (χ0n) is 11.5. The third kappa shape index (κ3) is 9.67. The molecule has 0 spiro atoms. The lowest BCUT2D eigenvalue weighted by Crippen LogP contribution is -2.45. The summed E-state index contributed by atoms with van der Waals surface area (Å²) >= 11 is 0. The van der Waals surface area contributed by atoms with E-state index in [0.29, 0.717) is 19.7 Å². The van der Waals surface area contributed by atoms with Crippen molar-refractivity contribution in [1.82, 2.24) is 10.2 Å². The summed E-state index contributed by atoms with van der Waals surface area (Å²) < 4.78 is 42.1. The first kappa shape index (κ1) is 17.7. The minimum absolute atomic E-state index is 0.117. The van der Waals surface area contributed by atoms with Gasteiger partial charge in [0, 0.05) is 26.3 Å². The maximum absolute atomic E-state index is 12.4. The fourth-order valence-corrected chi connectivity index (χ4v) is 1.75. The van der Waals surface area contributed by atoms with Gasteiger partial charge in [-0.2, -0.15) is 13.2 Å². The van der Waals surface area contributed by atoms with Crippen LogP contribution in [0.25, 0.3) is 0 Å². The SMILES string of the molecule is CCCN(CC(F)(F)F)C(C)CNCCCOC. The quantitative estimate of drug-likeness (QED) is 0.616. The monoisotopic (exact) mass is 270 g/mol. The second-order valence-corrected chi connectivity index (χ2v) is 4.49. The molecule has 0 amide bonds. The lowest BCUT2D eigenvalue weighted by Gasteiger charge is -2.29. The van der Waals surface area contributed by atoms with Crippen molar-refractivity contribution >= 4 is 0 Å². The molecule has 0 saturated carbocycles. The van der Waals surface area contributed by atoms with Gasteiger partial charge in [-0.1, -0.05) is 6.92 Å². The van der Waals surface area contributed by atoms with Crippen LogP contribution in [0.3, 0.4) is 0 Å². The van der Waals surface area contributed by atoms with Crippen LogP contribution in [-0.2, 0) is 4.74 Å². The van der Waals surface area contributed by atoms with Gasteiger partial charge in [0.2, 0.25) is 0 Å². The number of hydrogen-bond donors (Lipinski definition) is 1. The lowest BCUT2D eigenvalue weighted by molar-refractivity contribution is -0.150. The van der Waals surface area contributed by atoms with Gasteiger partial charge in [0.15, 0.2) is 0 Å². The molecule has 1 atom stereocenters. The standard InChI is InChI=1S/C12H25F3N2O/c1-4-7-17(10-12(13,14)15)11(2)9-16-6-5-8-18-3/h11,16H,4-10H2,1-3H3. The van der Waals surface area contributed by atoms with Crippen LogP contribution in [0, 0.1) is 0 Å². The van der Waals surface area contributed by atoms with Gasteiger partial charge in [-0.15, -0.1) is 0 Å². The fraction of sp³-hybridized carbons (Fsp3) is 1.00. The van der Waals surface area contributed by atoms with Gasteiger partial charge in [-0.05, 0) is 32.9 Å². The van der Waals surface area contributed by atoms with Gasteiger partial charge in [0.1, 0.15) is 0 Å². The highest BCUT2D eigenvalue weighted by molar-refractivity contribution is 4.72. The van der Waals surface area contributed by atoms with Gasteiger partial charge in [0.25, 0.3) is 0 Å². The van der Waals surface area contributed by atoms with Gasteiger partial charge in [-0.25, -0.2) is 0 Å². The molecule has 1 N–H and O–H groups in total. The minimum Gasteiger partial charge on any atom is -0.385 e. The summed E-state index contributed by atoms with van der Waals surface area (Å²) in [6.07, 6.45) is -2.53. The largest absolute Gasteiger partial charge is 0.401 e. The number of alkyl halides is 3. The Bertz CT molecular complexity index is 200. The number of methoxy groups -OCH3 is 1. The highest BCUT2D eigenvalue weighted by atomic mass is 19.4. The summed E-state index contributed by atoms with van der Waals surface area (Å²) in [7, 11) is 1.63. The third-order valence-corrected chi connectivity index (χ3v) is 2.66. The van der Waals surface area contributed by atoms with Crippen molar-refractivity contribution in [2.75, 3.05) is 39.9 Å². The van der Waals surface area contributed by atoms with Gasteiger partial charge < -0.3 is 10.1 Å². The van der Waals surface area contributed by atoms with E-state index in [0.717, 1.165) is 19.4 Å². The Labute approximate surface area is 108 Å². The van der Waals surface area contributed by atoms with Crippen molar-refractivity contribution in [2.24, 2.45) is 0 Å². The Morgan fingerprint density at radius 3 is 2.50 bits per heavy atom. The molecule has 3 nitrogen and oxygen atoms in total. The molecule has 6 heteroatoms. The van der Waals surface area contributed by atoms with E-state index in [9.17, 15) is 13.2 Å². The first-order valence-electron chi connectivity index (χ1n) is 6.41. The first-order chi connectivity index (χ1) is 8.40. The topological polar surface area (TPSA) is 24.5 Å². The molecule has 0 heterocycles. The van der Waals surface area contributed by atoms with E-state index in [4.69, 9.17) is 4.74 Å². The van der Waals surface area contributed by atoms with Crippen LogP contribution in [-0.4, -0.2) is 57.0 Å². The molecule has 18 heavy (non-hydrogen) atoms. The minimum atomic E-state index is -4.13. The average molecular weight is 270 g/mol. The molecule has 0 aromatic carbocycles. The van der Waals surface area contributed by atoms with Crippen molar-refractivity contribution < 1.29 is 17.9 Å². The second-order valence-electron chi connectivity index (χ2n) is 4.49. The summed E-state index contributed by atoms with van der Waals surface area (Å²) in [6, 6.07) is -0.117. The first-order valence-corrected chi connectivity index (χ1v) is 6.41. The van der Waals surface area contributed by atoms with Gasteiger partial charge >= 0.3 is 6.18 Å². The molecule has 0 aliphatic heterocycles. The Morgan fingerprint density at radius 2 is 2.00 bits per heavy atom. The van der Waals surface area contributed by atoms with Crippen molar-refractivity contribution in [3.63, 3.8) is 0 Å². The molecular weight excluding hydrogens is 245 g/mol. The molecule has 110 valence electrons. The van der Waals surface area contributed by atoms with Crippen LogP contribution in [0.15, 0.2) is 0 Å². The summed E-state index contributed by atoms with van der Waals surface area (Å²) in [5.41, 5.74) is 0. The van der Waals surface area contributed by atoms with E-state index in [1.807, 2.05) is 13.8 Å². The summed E-state index contributed by atoms with van der Waals surface area (Å²) in [6.45, 7) is 5.36. The van der Waals surface area contributed by atoms with Crippen LogP contribution in [0.5, 0.6) is 0 Å². The van der Waals surface area contributed by atoms with Crippen molar-refractivity contribution in [2.45, 2.75) is 38.9 Å². The van der Waals surface area contributed by atoms with Crippen LogP contribution in [0.2, 0.25) is 0 Å². The average Bonchev–Trinajstić information content (AvgIpc) is 2.26. The molecule has 0 rings (SSSR count). The van der Waals surface area contributed by atoms with E-state index >= 15 is 0 Å². The van der Waals surface area contributed by atoms with Crippen LogP contribution >= 0.6 is 0 Å². The third-order valence-electron chi connectivity index (χ3n) is 2.66. The highest BCUT2D eigenvalue weighted by Gasteiger charge is 2.32. The zero-order chi connectivity index (χ0) is 14.0. The number of halogens is 3. The van der Waals surface area contributed by atoms with E-state index in [-0.39, 0.29) is 6.04 Å². The summed E-state index contributed by atoms with van der Waals surface area (Å²) in [5, 5.41) is 3.16. The van der Waals surface area contributed by atoms with Gasteiger partial charge in [0.05, 0.1) is 6.54 Å². The normalized spacial score (nSPS) is 14.2. The molecule has 0 aromatic rings. The van der Waals surface area contributed by atoms with Crippen LogP contribution in [0.4, 0.5) is 13.2 Å². The van der Waals surface area contributed by atoms with Crippen LogP contribution < -0.4 is 5.32 Å². The number of ether oxygens (including phenoxy) is 1. The summed E-state index contributed by atoms with van der Waals surface area (Å²) in [5.74, 6) is 0. The molecule has 0 aromatic heterocycles. The fourth-order valence-electron chi connectivity index (χ4n) is 1.75. The number of rotatable bonds is 10. The van der Waals surface area contributed by atoms with Crippen molar-refractivity contribution in [3.05, 3.63) is 0 Å². The summed E-state index contributed by atoms with van der Waals surface area (Å²) in [4.78, 5) is 1.48. The molecule has 1 unspecified atom stereocenters. The Balaban J connectivity index is 3.94. The smallest absolute Gasteiger partial charge is 0.385 e. The molecule has 0 radical (unpaired) electrons. The van der Waals surface area contributed by atoms with Gasteiger partial charge in [-0.3, -0.25) is 4.90 Å². The van der Waals surface area contributed by atoms with E-state index in [1.165, 1.54) is 4.90 Å². The second kappa shape index (κ2) is 9.58. The molecule has 0 aliphatic carbocycles. The Kier molecular flexibility index (Phi) is 9.40. The molecule has 0 aliphatic rings.